The lowest BCUT2D eigenvalue weighted by atomic mass is 10.0. The van der Waals surface area contributed by atoms with E-state index in [1.807, 2.05) is 26.0 Å². The summed E-state index contributed by atoms with van der Waals surface area (Å²) < 4.78 is 5.74. The number of ether oxygens (including phenoxy) is 1. The molecule has 1 aromatic carbocycles. The molecule has 0 aliphatic rings. The maximum Gasteiger partial charge on any atom is 0.338 e. The van der Waals surface area contributed by atoms with Crippen LogP contribution in [0.5, 0.6) is 0 Å². The number of halogens is 2. The second-order valence-electron chi connectivity index (χ2n) is 3.61. The molecule has 0 aliphatic carbocycles. The predicted octanol–water partition coefficient (Wildman–Crippen LogP) is 3.97. The fourth-order valence-corrected chi connectivity index (χ4v) is 1.92. The Morgan fingerprint density at radius 1 is 1.39 bits per heavy atom. The Hall–Kier alpha value is -0.620. The molecule has 0 N–H and O–H groups in total. The quantitative estimate of drug-likeness (QED) is 0.419. The van der Waals surface area contributed by atoms with Gasteiger partial charge in [0.1, 0.15) is 0 Å². The van der Waals surface area contributed by atoms with E-state index < -0.39 is 0 Å². The predicted molar refractivity (Wildman–Crippen MR) is 84.9 cm³/mol. The van der Waals surface area contributed by atoms with Crippen molar-refractivity contribution in [2.45, 2.75) is 20.8 Å². The van der Waals surface area contributed by atoms with E-state index in [1.54, 1.807) is 14.0 Å². The van der Waals surface area contributed by atoms with Gasteiger partial charge in [0.25, 0.3) is 0 Å². The maximum absolute atomic E-state index is 11.3. The highest BCUT2D eigenvalue weighted by Gasteiger charge is 2.11. The summed E-state index contributed by atoms with van der Waals surface area (Å²) in [7, 11) is 3.05. The molecule has 0 saturated heterocycles. The maximum atomic E-state index is 11.3. The lowest BCUT2D eigenvalue weighted by Crippen LogP contribution is -2.05. The van der Waals surface area contributed by atoms with Gasteiger partial charge in [-0.2, -0.15) is 0 Å². The van der Waals surface area contributed by atoms with Crippen LogP contribution >= 0.6 is 34.2 Å². The van der Waals surface area contributed by atoms with E-state index in [4.69, 9.17) is 11.6 Å². The molecule has 1 aromatic rings. The van der Waals surface area contributed by atoms with Crippen molar-refractivity contribution in [3.63, 3.8) is 0 Å². The number of hydrogen-bond acceptors (Lipinski definition) is 3. The van der Waals surface area contributed by atoms with Gasteiger partial charge in [0, 0.05) is 10.6 Å². The Balaban J connectivity index is 0.000000494. The molecule has 0 fully saturated rings. The molecule has 0 aliphatic heterocycles. The minimum Gasteiger partial charge on any atom is -0.465 e. The van der Waals surface area contributed by atoms with Crippen molar-refractivity contribution >= 4 is 45.3 Å². The number of hydrogen-bond donors (Lipinski definition) is 0. The number of carbonyl (C=O) groups is 1. The number of esters is 1. The zero-order valence-electron chi connectivity index (χ0n) is 11.2. The van der Waals surface area contributed by atoms with E-state index in [9.17, 15) is 4.79 Å². The van der Waals surface area contributed by atoms with Gasteiger partial charge in [0.2, 0.25) is 0 Å². The summed E-state index contributed by atoms with van der Waals surface area (Å²) in [6, 6.07) is 3.89. The molecular formula is C13H17ClINO2. The number of aryl methyl sites for hydroxylation is 1. The van der Waals surface area contributed by atoms with Crippen molar-refractivity contribution in [2.24, 2.45) is 4.99 Å². The summed E-state index contributed by atoms with van der Waals surface area (Å²) in [4.78, 5) is 14.9. The van der Waals surface area contributed by atoms with Crippen LogP contribution < -0.4 is 0 Å². The van der Waals surface area contributed by atoms with Crippen LogP contribution in [0.1, 0.15) is 28.4 Å². The van der Waals surface area contributed by atoms with E-state index in [-0.39, 0.29) is 5.97 Å². The molecule has 0 aromatic heterocycles. The lowest BCUT2D eigenvalue weighted by Gasteiger charge is -2.07. The van der Waals surface area contributed by atoms with Gasteiger partial charge in [-0.3, -0.25) is 4.99 Å². The average Bonchev–Trinajstić information content (AvgIpc) is 2.33. The Kier molecular flexibility index (Phi) is 8.18. The van der Waals surface area contributed by atoms with Crippen molar-refractivity contribution in [1.29, 1.82) is 0 Å². The largest absolute Gasteiger partial charge is 0.465 e. The number of rotatable bonds is 1. The molecule has 0 saturated carbocycles. The molecule has 0 bridgehead atoms. The smallest absolute Gasteiger partial charge is 0.338 e. The van der Waals surface area contributed by atoms with E-state index in [2.05, 4.69) is 32.3 Å². The highest BCUT2D eigenvalue weighted by molar-refractivity contribution is 14.1. The molecule has 0 heterocycles. The van der Waals surface area contributed by atoms with Crippen LogP contribution in [0.4, 0.5) is 0 Å². The zero-order valence-corrected chi connectivity index (χ0v) is 14.1. The van der Waals surface area contributed by atoms with Gasteiger partial charge in [-0.1, -0.05) is 11.6 Å². The van der Waals surface area contributed by atoms with E-state index in [0.29, 0.717) is 10.7 Å². The van der Waals surface area contributed by atoms with Crippen LogP contribution in [0.15, 0.2) is 17.1 Å². The first kappa shape index (κ1) is 17.4. The second-order valence-corrected chi connectivity index (χ2v) is 5.40. The molecule has 5 heteroatoms. The van der Waals surface area contributed by atoms with Crippen molar-refractivity contribution in [3.05, 3.63) is 32.4 Å². The third-order valence-electron chi connectivity index (χ3n) is 2.35. The molecule has 0 radical (unpaired) electrons. The first-order chi connectivity index (χ1) is 8.33. The number of aliphatic imine (C=N–C) groups is 1. The highest BCUT2D eigenvalue weighted by Crippen LogP contribution is 2.18. The third kappa shape index (κ3) is 5.82. The monoisotopic (exact) mass is 381 g/mol. The molecule has 0 atom stereocenters. The van der Waals surface area contributed by atoms with Crippen molar-refractivity contribution < 1.29 is 9.53 Å². The number of nitrogens with zero attached hydrogens (tertiary/aromatic N) is 1. The number of benzene rings is 1. The fourth-order valence-electron chi connectivity index (χ4n) is 1.14. The van der Waals surface area contributed by atoms with E-state index in [1.165, 1.54) is 7.11 Å². The Morgan fingerprint density at radius 2 is 1.89 bits per heavy atom. The molecule has 0 amide bonds. The van der Waals surface area contributed by atoms with Crippen molar-refractivity contribution in [1.82, 2.24) is 0 Å². The molecule has 1 rings (SSSR count). The number of carbonyl (C=O) groups excluding carboxylic acids is 1. The van der Waals surface area contributed by atoms with E-state index in [0.717, 1.165) is 14.7 Å². The summed E-state index contributed by atoms with van der Waals surface area (Å²) >= 11 is 7.40. The molecule has 100 valence electrons. The number of methoxy groups -OCH3 is 1. The van der Waals surface area contributed by atoms with Gasteiger partial charge >= 0.3 is 5.97 Å². The minimum absolute atomic E-state index is 0.265. The third-order valence-corrected chi connectivity index (χ3v) is 3.14. The fraction of sp³-hybridized carbons (Fsp3) is 0.385. The van der Waals surface area contributed by atoms with Crippen LogP contribution in [-0.2, 0) is 4.74 Å². The first-order valence-corrected chi connectivity index (χ1v) is 6.73. The van der Waals surface area contributed by atoms with Crippen LogP contribution in [0, 0.1) is 17.4 Å². The molecular weight excluding hydrogens is 365 g/mol. The van der Waals surface area contributed by atoms with Gasteiger partial charge in [-0.25, -0.2) is 4.79 Å². The second kappa shape index (κ2) is 8.48. The first-order valence-electron chi connectivity index (χ1n) is 5.27. The standard InChI is InChI=1S/C10H11IO2.C3H6ClN/c1-6-4-8(11)5-9(7(6)2)10(12)13-3;1-3(4)5-2/h4-5H,1-3H3;1-2H3. The van der Waals surface area contributed by atoms with Gasteiger partial charge in [0.15, 0.2) is 0 Å². The van der Waals surface area contributed by atoms with Crippen LogP contribution in [-0.4, -0.2) is 25.3 Å². The molecule has 0 spiro atoms. The summed E-state index contributed by atoms with van der Waals surface area (Å²) in [5.74, 6) is -0.265. The van der Waals surface area contributed by atoms with Gasteiger partial charge in [0.05, 0.1) is 17.8 Å². The van der Waals surface area contributed by atoms with Crippen LogP contribution in [0.25, 0.3) is 0 Å². The van der Waals surface area contributed by atoms with Crippen LogP contribution in [0.2, 0.25) is 0 Å². The summed E-state index contributed by atoms with van der Waals surface area (Å²) in [6.07, 6.45) is 0. The topological polar surface area (TPSA) is 38.7 Å². The van der Waals surface area contributed by atoms with E-state index >= 15 is 0 Å². The summed E-state index contributed by atoms with van der Waals surface area (Å²) in [6.45, 7) is 5.66. The Morgan fingerprint density at radius 3 is 2.28 bits per heavy atom. The highest BCUT2D eigenvalue weighted by atomic mass is 127. The van der Waals surface area contributed by atoms with Crippen molar-refractivity contribution in [3.8, 4) is 0 Å². The molecule has 0 unspecified atom stereocenters. The SMILES string of the molecule is CN=C(C)Cl.COC(=O)c1cc(I)cc(C)c1C. The molecule has 3 nitrogen and oxygen atoms in total. The zero-order chi connectivity index (χ0) is 14.3. The minimum atomic E-state index is -0.265. The Bertz CT molecular complexity index is 455. The normalized spacial score (nSPS) is 10.5. The summed E-state index contributed by atoms with van der Waals surface area (Å²) in [5, 5.41) is 0.602. The lowest BCUT2D eigenvalue weighted by molar-refractivity contribution is 0.0599. The van der Waals surface area contributed by atoms with Crippen LogP contribution in [0.3, 0.4) is 0 Å². The Labute approximate surface area is 127 Å². The summed E-state index contributed by atoms with van der Waals surface area (Å²) in [5.41, 5.74) is 2.77. The average molecular weight is 382 g/mol. The molecule has 18 heavy (non-hydrogen) atoms. The van der Waals surface area contributed by atoms with Gasteiger partial charge in [-0.15, -0.1) is 0 Å². The van der Waals surface area contributed by atoms with Crippen molar-refractivity contribution in [2.75, 3.05) is 14.2 Å². The van der Waals surface area contributed by atoms with Gasteiger partial charge < -0.3 is 4.74 Å². The van der Waals surface area contributed by atoms with Gasteiger partial charge in [-0.05, 0) is 66.6 Å².